The number of esters is 1. The average molecular weight is 585 g/mol. The molecular formula is C36H28N2O6. The third kappa shape index (κ3) is 3.98. The Morgan fingerprint density at radius 2 is 1.57 bits per heavy atom. The Labute approximate surface area is 253 Å². The van der Waals surface area contributed by atoms with Gasteiger partial charge < -0.3 is 19.7 Å². The maximum atomic E-state index is 14.9. The van der Waals surface area contributed by atoms with Gasteiger partial charge in [-0.05, 0) is 59.7 Å². The zero-order valence-corrected chi connectivity index (χ0v) is 24.0. The molecule has 8 heteroatoms. The fourth-order valence-electron chi connectivity index (χ4n) is 7.10. The van der Waals surface area contributed by atoms with Crippen LogP contribution in [0.15, 0.2) is 103 Å². The second kappa shape index (κ2) is 10.3. The summed E-state index contributed by atoms with van der Waals surface area (Å²) in [5.41, 5.74) is 2.17. The summed E-state index contributed by atoms with van der Waals surface area (Å²) >= 11 is 0. The first-order chi connectivity index (χ1) is 21.3. The van der Waals surface area contributed by atoms with E-state index in [0.717, 1.165) is 11.3 Å². The van der Waals surface area contributed by atoms with Crippen LogP contribution in [0.1, 0.15) is 38.8 Å². The minimum Gasteiger partial charge on any atom is -0.497 e. The van der Waals surface area contributed by atoms with Gasteiger partial charge in [-0.25, -0.2) is 0 Å². The summed E-state index contributed by atoms with van der Waals surface area (Å²) in [5.74, 6) is -1.80. The van der Waals surface area contributed by atoms with Crippen molar-refractivity contribution in [2.75, 3.05) is 17.3 Å². The molecule has 7 rings (SSSR count). The Bertz CT molecular complexity index is 1880. The van der Waals surface area contributed by atoms with Crippen LogP contribution < -0.4 is 19.7 Å². The van der Waals surface area contributed by atoms with Crippen molar-refractivity contribution in [2.24, 2.45) is 5.92 Å². The maximum Gasteiger partial charge on any atom is 0.308 e. The van der Waals surface area contributed by atoms with Crippen molar-refractivity contribution < 1.29 is 28.7 Å². The van der Waals surface area contributed by atoms with Crippen LogP contribution in [-0.4, -0.2) is 42.6 Å². The first kappa shape index (κ1) is 27.3. The van der Waals surface area contributed by atoms with Gasteiger partial charge in [0.25, 0.3) is 0 Å². The summed E-state index contributed by atoms with van der Waals surface area (Å²) in [5, 5.41) is 3.03. The molecule has 3 heterocycles. The van der Waals surface area contributed by atoms with Gasteiger partial charge in [0, 0.05) is 29.4 Å². The zero-order chi connectivity index (χ0) is 30.6. The molecule has 4 unspecified atom stereocenters. The van der Waals surface area contributed by atoms with Crippen LogP contribution in [0.4, 0.5) is 11.4 Å². The van der Waals surface area contributed by atoms with Crippen molar-refractivity contribution in [3.8, 4) is 11.5 Å². The Morgan fingerprint density at radius 3 is 2.34 bits per heavy atom. The molecule has 1 amide bonds. The lowest BCUT2D eigenvalue weighted by Crippen LogP contribution is -2.51. The van der Waals surface area contributed by atoms with Crippen LogP contribution in [-0.2, 0) is 15.0 Å². The van der Waals surface area contributed by atoms with Gasteiger partial charge in [-0.1, -0.05) is 60.7 Å². The molecule has 0 aliphatic carbocycles. The predicted octanol–water partition coefficient (Wildman–Crippen LogP) is 5.48. The highest BCUT2D eigenvalue weighted by Crippen LogP contribution is 2.58. The van der Waals surface area contributed by atoms with Gasteiger partial charge in [-0.2, -0.15) is 0 Å². The van der Waals surface area contributed by atoms with Gasteiger partial charge in [-0.15, -0.1) is 0 Å². The molecule has 3 aliphatic heterocycles. The SMILES string of the molecule is COc1cccc(C(=O)C2C(C(=O)c3ccc(OC(C)=O)cc3)N3c4ccccc4C=CC3C23C(=O)Nc2ccccc23)c1. The van der Waals surface area contributed by atoms with Gasteiger partial charge in [0.2, 0.25) is 5.91 Å². The number of ketones is 2. The number of fused-ring (bicyclic) bond motifs is 6. The Kier molecular flexibility index (Phi) is 6.43. The molecule has 1 fully saturated rings. The van der Waals surface area contributed by atoms with Crippen LogP contribution >= 0.6 is 0 Å². The molecule has 0 bridgehead atoms. The number of amides is 1. The molecule has 218 valence electrons. The van der Waals surface area contributed by atoms with Crippen LogP contribution in [0.25, 0.3) is 6.08 Å². The number of rotatable bonds is 6. The number of ether oxygens (including phenoxy) is 2. The molecule has 0 saturated carbocycles. The fraction of sp³-hybridized carbons (Fsp3) is 0.167. The van der Waals surface area contributed by atoms with Gasteiger partial charge >= 0.3 is 5.97 Å². The number of benzene rings is 4. The van der Waals surface area contributed by atoms with E-state index in [1.807, 2.05) is 65.6 Å². The quantitative estimate of drug-likeness (QED) is 0.182. The smallest absolute Gasteiger partial charge is 0.308 e. The van der Waals surface area contributed by atoms with Crippen LogP contribution in [0.5, 0.6) is 11.5 Å². The lowest BCUT2D eigenvalue weighted by atomic mass is 9.64. The summed E-state index contributed by atoms with van der Waals surface area (Å²) in [4.78, 5) is 57.6. The molecular weight excluding hydrogens is 556 g/mol. The third-order valence-electron chi connectivity index (χ3n) is 8.85. The number of hydrogen-bond acceptors (Lipinski definition) is 7. The summed E-state index contributed by atoms with van der Waals surface area (Å²) in [6.45, 7) is 1.30. The average Bonchev–Trinajstić information content (AvgIpc) is 3.52. The minimum atomic E-state index is -1.42. The van der Waals surface area contributed by atoms with Gasteiger partial charge in [0.05, 0.1) is 19.1 Å². The number of carbonyl (C=O) groups excluding carboxylic acids is 4. The number of para-hydroxylation sites is 2. The van der Waals surface area contributed by atoms with Crippen molar-refractivity contribution >= 4 is 40.9 Å². The van der Waals surface area contributed by atoms with E-state index in [4.69, 9.17) is 9.47 Å². The molecule has 1 N–H and O–H groups in total. The van der Waals surface area contributed by atoms with E-state index < -0.39 is 29.4 Å². The van der Waals surface area contributed by atoms with Crippen molar-refractivity contribution in [2.45, 2.75) is 24.4 Å². The second-order valence-electron chi connectivity index (χ2n) is 11.1. The second-order valence-corrected chi connectivity index (χ2v) is 11.1. The fourth-order valence-corrected chi connectivity index (χ4v) is 7.10. The summed E-state index contributed by atoms with van der Waals surface area (Å²) in [6, 6.07) is 26.4. The molecule has 1 spiro atoms. The molecule has 1 saturated heterocycles. The van der Waals surface area contributed by atoms with E-state index in [-0.39, 0.29) is 17.5 Å². The van der Waals surface area contributed by atoms with E-state index in [1.165, 1.54) is 14.0 Å². The Hall–Kier alpha value is -5.50. The molecule has 4 aromatic rings. The van der Waals surface area contributed by atoms with E-state index in [9.17, 15) is 19.2 Å². The number of methoxy groups -OCH3 is 1. The van der Waals surface area contributed by atoms with E-state index in [0.29, 0.717) is 33.9 Å². The summed E-state index contributed by atoms with van der Waals surface area (Å²) < 4.78 is 10.6. The number of hydrogen-bond donors (Lipinski definition) is 1. The molecule has 4 atom stereocenters. The lowest BCUT2D eigenvalue weighted by Gasteiger charge is -2.37. The number of anilines is 2. The number of carbonyl (C=O) groups is 4. The highest BCUT2D eigenvalue weighted by Gasteiger charge is 2.70. The molecule has 44 heavy (non-hydrogen) atoms. The summed E-state index contributed by atoms with van der Waals surface area (Å²) in [6.07, 6.45) is 3.90. The Balaban J connectivity index is 1.48. The molecule has 0 aromatic heterocycles. The van der Waals surface area contributed by atoms with Crippen molar-refractivity contribution in [1.82, 2.24) is 0 Å². The first-order valence-corrected chi connectivity index (χ1v) is 14.3. The number of nitrogens with zero attached hydrogens (tertiary/aromatic N) is 1. The largest absolute Gasteiger partial charge is 0.497 e. The minimum absolute atomic E-state index is 0.300. The Morgan fingerprint density at radius 1 is 0.818 bits per heavy atom. The van der Waals surface area contributed by atoms with Crippen molar-refractivity contribution in [3.05, 3.63) is 125 Å². The maximum absolute atomic E-state index is 14.9. The standard InChI is InChI=1S/C36H28N2O6/c1-21(39)44-25-17-14-23(15-18-25)34(41)32-31(33(40)24-9-7-10-26(20-24)43-2)36(27-11-4-5-12-28(27)37-35(36)42)30-19-16-22-8-3-6-13-29(22)38(30)32/h3-20,30-32H,1-2H3,(H,37,42). The molecule has 0 radical (unpaired) electrons. The normalized spacial score (nSPS) is 22.5. The van der Waals surface area contributed by atoms with E-state index in [2.05, 4.69) is 5.32 Å². The highest BCUT2D eigenvalue weighted by molar-refractivity contribution is 6.18. The molecule has 3 aliphatic rings. The third-order valence-corrected chi connectivity index (χ3v) is 8.85. The van der Waals surface area contributed by atoms with Crippen molar-refractivity contribution in [3.63, 3.8) is 0 Å². The zero-order valence-electron chi connectivity index (χ0n) is 24.0. The molecule has 8 nitrogen and oxygen atoms in total. The van der Waals surface area contributed by atoms with Crippen LogP contribution in [0.3, 0.4) is 0 Å². The van der Waals surface area contributed by atoms with Gasteiger partial charge in [-0.3, -0.25) is 19.2 Å². The number of nitrogens with one attached hydrogen (secondary N) is 1. The molecule has 4 aromatic carbocycles. The number of Topliss-reactive ketones (excluding diaryl/α,β-unsaturated/α-hetero) is 2. The van der Waals surface area contributed by atoms with Gasteiger partial charge in [0.1, 0.15) is 23.0 Å². The monoisotopic (exact) mass is 584 g/mol. The van der Waals surface area contributed by atoms with Gasteiger partial charge in [0.15, 0.2) is 11.6 Å². The van der Waals surface area contributed by atoms with Crippen LogP contribution in [0, 0.1) is 5.92 Å². The van der Waals surface area contributed by atoms with E-state index >= 15 is 0 Å². The van der Waals surface area contributed by atoms with E-state index in [1.54, 1.807) is 48.5 Å². The topological polar surface area (TPSA) is 102 Å². The highest BCUT2D eigenvalue weighted by atomic mass is 16.5. The van der Waals surface area contributed by atoms with Crippen molar-refractivity contribution in [1.29, 1.82) is 0 Å². The van der Waals surface area contributed by atoms with Crippen LogP contribution in [0.2, 0.25) is 0 Å². The predicted molar refractivity (Wildman–Crippen MR) is 165 cm³/mol. The lowest BCUT2D eigenvalue weighted by molar-refractivity contribution is -0.131. The first-order valence-electron chi connectivity index (χ1n) is 14.3. The summed E-state index contributed by atoms with van der Waals surface area (Å²) in [7, 11) is 1.52.